The summed E-state index contributed by atoms with van der Waals surface area (Å²) in [7, 11) is 0. The second-order valence-electron chi connectivity index (χ2n) is 7.36. The van der Waals surface area contributed by atoms with Gasteiger partial charge < -0.3 is 10.6 Å². The zero-order chi connectivity index (χ0) is 15.3. The molecule has 1 aromatic carbocycles. The topological polar surface area (TPSA) is 41.1 Å². The Balaban J connectivity index is 1.99. The smallest absolute Gasteiger partial charge is 0.220 e. The van der Waals surface area contributed by atoms with E-state index in [1.165, 1.54) is 5.56 Å². The fourth-order valence-electron chi connectivity index (χ4n) is 2.95. The van der Waals surface area contributed by atoms with Crippen molar-refractivity contribution in [3.8, 4) is 0 Å². The molecule has 1 aromatic rings. The predicted molar refractivity (Wildman–Crippen MR) is 87.0 cm³/mol. The van der Waals surface area contributed by atoms with Gasteiger partial charge in [0, 0.05) is 6.42 Å². The standard InChI is InChI=1S/C18H28N2O/c1-18(2,3)12-16(15-7-5-4-6-8-15)20-17(21)11-14-9-10-19-13-14/h4-8,14,16,19H,9-13H2,1-3H3,(H,20,21). The van der Waals surface area contributed by atoms with Gasteiger partial charge in [0.25, 0.3) is 0 Å². The van der Waals surface area contributed by atoms with Gasteiger partial charge in [0.05, 0.1) is 6.04 Å². The molecule has 0 bridgehead atoms. The molecule has 0 aromatic heterocycles. The fourth-order valence-corrected chi connectivity index (χ4v) is 2.95. The first-order valence-electron chi connectivity index (χ1n) is 7.99. The van der Waals surface area contributed by atoms with E-state index in [1.807, 2.05) is 18.2 Å². The summed E-state index contributed by atoms with van der Waals surface area (Å²) >= 11 is 0. The summed E-state index contributed by atoms with van der Waals surface area (Å²) in [6.45, 7) is 8.67. The average molecular weight is 288 g/mol. The number of hydrogen-bond acceptors (Lipinski definition) is 2. The number of benzene rings is 1. The van der Waals surface area contributed by atoms with Crippen molar-refractivity contribution in [3.63, 3.8) is 0 Å². The summed E-state index contributed by atoms with van der Waals surface area (Å²) in [5, 5.41) is 6.57. The van der Waals surface area contributed by atoms with E-state index in [1.54, 1.807) is 0 Å². The highest BCUT2D eigenvalue weighted by Gasteiger charge is 2.24. The van der Waals surface area contributed by atoms with E-state index >= 15 is 0 Å². The lowest BCUT2D eigenvalue weighted by Crippen LogP contribution is -2.32. The molecule has 0 radical (unpaired) electrons. The molecule has 116 valence electrons. The maximum atomic E-state index is 12.3. The van der Waals surface area contributed by atoms with Gasteiger partial charge in [-0.2, -0.15) is 0 Å². The van der Waals surface area contributed by atoms with Gasteiger partial charge in [0.15, 0.2) is 0 Å². The van der Waals surface area contributed by atoms with Crippen molar-refractivity contribution in [2.45, 2.75) is 46.1 Å². The van der Waals surface area contributed by atoms with Crippen LogP contribution >= 0.6 is 0 Å². The molecule has 0 aliphatic carbocycles. The molecule has 21 heavy (non-hydrogen) atoms. The molecule has 3 nitrogen and oxygen atoms in total. The minimum absolute atomic E-state index is 0.105. The Hall–Kier alpha value is -1.35. The maximum absolute atomic E-state index is 12.3. The fraction of sp³-hybridized carbons (Fsp3) is 0.611. The largest absolute Gasteiger partial charge is 0.349 e. The number of nitrogens with one attached hydrogen (secondary N) is 2. The Labute approximate surface area is 128 Å². The van der Waals surface area contributed by atoms with Crippen molar-refractivity contribution in [1.29, 1.82) is 0 Å². The molecule has 1 fully saturated rings. The van der Waals surface area contributed by atoms with E-state index in [2.05, 4.69) is 43.5 Å². The number of carbonyl (C=O) groups is 1. The molecular formula is C18H28N2O. The minimum atomic E-state index is 0.105. The summed E-state index contributed by atoms with van der Waals surface area (Å²) < 4.78 is 0. The highest BCUT2D eigenvalue weighted by molar-refractivity contribution is 5.76. The first-order chi connectivity index (χ1) is 9.94. The van der Waals surface area contributed by atoms with Gasteiger partial charge in [-0.05, 0) is 42.8 Å². The number of carbonyl (C=O) groups excluding carboxylic acids is 1. The monoisotopic (exact) mass is 288 g/mol. The Kier molecular flexibility index (Phi) is 5.40. The molecule has 2 atom stereocenters. The normalized spacial score (nSPS) is 20.2. The van der Waals surface area contributed by atoms with Crippen LogP contribution in [0.15, 0.2) is 30.3 Å². The van der Waals surface area contributed by atoms with Crippen LogP contribution in [0.5, 0.6) is 0 Å². The predicted octanol–water partition coefficient (Wildman–Crippen LogP) is 3.28. The summed E-state index contributed by atoms with van der Waals surface area (Å²) in [6.07, 6.45) is 2.70. The molecule has 0 spiro atoms. The van der Waals surface area contributed by atoms with Gasteiger partial charge in [-0.25, -0.2) is 0 Å². The first-order valence-corrected chi connectivity index (χ1v) is 7.99. The molecule has 1 saturated heterocycles. The third-order valence-electron chi connectivity index (χ3n) is 3.99. The van der Waals surface area contributed by atoms with E-state index in [0.29, 0.717) is 12.3 Å². The van der Waals surface area contributed by atoms with Gasteiger partial charge in [-0.3, -0.25) is 4.79 Å². The Morgan fingerprint density at radius 2 is 2.05 bits per heavy atom. The number of amides is 1. The van der Waals surface area contributed by atoms with Crippen LogP contribution in [-0.4, -0.2) is 19.0 Å². The number of rotatable bonds is 5. The molecule has 1 aliphatic rings. The van der Waals surface area contributed by atoms with E-state index < -0.39 is 0 Å². The van der Waals surface area contributed by atoms with Crippen molar-refractivity contribution < 1.29 is 4.79 Å². The van der Waals surface area contributed by atoms with Crippen molar-refractivity contribution in [1.82, 2.24) is 10.6 Å². The molecule has 1 aliphatic heterocycles. The summed E-state index contributed by atoms with van der Waals surface area (Å²) in [4.78, 5) is 12.3. The van der Waals surface area contributed by atoms with Crippen LogP contribution in [0, 0.1) is 11.3 Å². The van der Waals surface area contributed by atoms with Crippen molar-refractivity contribution >= 4 is 5.91 Å². The quantitative estimate of drug-likeness (QED) is 0.873. The van der Waals surface area contributed by atoms with E-state index in [9.17, 15) is 4.79 Å². The van der Waals surface area contributed by atoms with Gasteiger partial charge in [-0.15, -0.1) is 0 Å². The van der Waals surface area contributed by atoms with E-state index in [0.717, 1.165) is 25.9 Å². The summed E-state index contributed by atoms with van der Waals surface area (Å²) in [5.41, 5.74) is 1.38. The van der Waals surface area contributed by atoms with Gasteiger partial charge >= 0.3 is 0 Å². The van der Waals surface area contributed by atoms with Gasteiger partial charge in [0.2, 0.25) is 5.91 Å². The molecule has 0 saturated carbocycles. The highest BCUT2D eigenvalue weighted by Crippen LogP contribution is 2.29. The molecule has 2 unspecified atom stereocenters. The van der Waals surface area contributed by atoms with Gasteiger partial charge in [0.1, 0.15) is 0 Å². The Morgan fingerprint density at radius 1 is 1.33 bits per heavy atom. The van der Waals surface area contributed by atoms with E-state index in [-0.39, 0.29) is 17.4 Å². The lowest BCUT2D eigenvalue weighted by molar-refractivity contribution is -0.122. The highest BCUT2D eigenvalue weighted by atomic mass is 16.1. The van der Waals surface area contributed by atoms with Crippen molar-refractivity contribution in [3.05, 3.63) is 35.9 Å². The van der Waals surface area contributed by atoms with Crippen LogP contribution in [0.2, 0.25) is 0 Å². The molecule has 2 N–H and O–H groups in total. The molecule has 3 heteroatoms. The SMILES string of the molecule is CC(C)(C)CC(NC(=O)CC1CCNC1)c1ccccc1. The van der Waals surface area contributed by atoms with Crippen LogP contribution in [0.3, 0.4) is 0 Å². The van der Waals surface area contributed by atoms with Crippen LogP contribution in [-0.2, 0) is 4.79 Å². The maximum Gasteiger partial charge on any atom is 0.220 e. The second kappa shape index (κ2) is 7.08. The lowest BCUT2D eigenvalue weighted by atomic mass is 9.85. The summed E-state index contributed by atoms with van der Waals surface area (Å²) in [5.74, 6) is 0.679. The minimum Gasteiger partial charge on any atom is -0.349 e. The molecule has 1 amide bonds. The third-order valence-corrected chi connectivity index (χ3v) is 3.99. The van der Waals surface area contributed by atoms with Crippen molar-refractivity contribution in [2.24, 2.45) is 11.3 Å². The first kappa shape index (κ1) is 16.0. The zero-order valence-electron chi connectivity index (χ0n) is 13.5. The zero-order valence-corrected chi connectivity index (χ0v) is 13.5. The van der Waals surface area contributed by atoms with Gasteiger partial charge in [-0.1, -0.05) is 51.1 Å². The molecular weight excluding hydrogens is 260 g/mol. The number of hydrogen-bond donors (Lipinski definition) is 2. The summed E-state index contributed by atoms with van der Waals surface area (Å²) in [6, 6.07) is 10.4. The Morgan fingerprint density at radius 3 is 2.62 bits per heavy atom. The Bertz CT molecular complexity index is 444. The molecule has 2 rings (SSSR count). The lowest BCUT2D eigenvalue weighted by Gasteiger charge is -2.27. The third kappa shape index (κ3) is 5.50. The van der Waals surface area contributed by atoms with Crippen LogP contribution in [0.4, 0.5) is 0 Å². The van der Waals surface area contributed by atoms with E-state index in [4.69, 9.17) is 0 Å². The van der Waals surface area contributed by atoms with Crippen LogP contribution in [0.1, 0.15) is 51.6 Å². The second-order valence-corrected chi connectivity index (χ2v) is 7.36. The van der Waals surface area contributed by atoms with Crippen LogP contribution < -0.4 is 10.6 Å². The average Bonchev–Trinajstić information content (AvgIpc) is 2.90. The molecule has 1 heterocycles. The van der Waals surface area contributed by atoms with Crippen LogP contribution in [0.25, 0.3) is 0 Å². The van der Waals surface area contributed by atoms with Crippen molar-refractivity contribution in [2.75, 3.05) is 13.1 Å².